The van der Waals surface area contributed by atoms with Crippen molar-refractivity contribution in [3.05, 3.63) is 41.9 Å². The first kappa shape index (κ1) is 17.0. The number of halogens is 1. The number of sulfonamides is 1. The van der Waals surface area contributed by atoms with Gasteiger partial charge < -0.3 is 5.32 Å². The van der Waals surface area contributed by atoms with Gasteiger partial charge in [-0.15, -0.1) is 6.58 Å². The normalized spacial score (nSPS) is 19.6. The minimum atomic E-state index is -3.59. The Kier molecular flexibility index (Phi) is 5.61. The molecule has 1 aliphatic heterocycles. The van der Waals surface area contributed by atoms with E-state index in [4.69, 9.17) is 11.6 Å². The van der Waals surface area contributed by atoms with Gasteiger partial charge in [-0.05, 0) is 37.1 Å². The highest BCUT2D eigenvalue weighted by atomic mass is 35.5. The van der Waals surface area contributed by atoms with Crippen molar-refractivity contribution in [2.45, 2.75) is 17.7 Å². The zero-order valence-electron chi connectivity index (χ0n) is 12.2. The maximum absolute atomic E-state index is 12.6. The van der Waals surface area contributed by atoms with Crippen molar-refractivity contribution in [3.8, 4) is 0 Å². The molecule has 1 aromatic rings. The molecule has 1 unspecified atom stereocenters. The van der Waals surface area contributed by atoms with Gasteiger partial charge in [0.1, 0.15) is 0 Å². The smallest absolute Gasteiger partial charge is 0.243 e. The lowest BCUT2D eigenvalue weighted by Gasteiger charge is -2.31. The fourth-order valence-electron chi connectivity index (χ4n) is 2.45. The van der Waals surface area contributed by atoms with Crippen molar-refractivity contribution in [1.82, 2.24) is 9.62 Å². The molecule has 1 heterocycles. The second-order valence-electron chi connectivity index (χ2n) is 5.19. The van der Waals surface area contributed by atoms with E-state index in [0.717, 1.165) is 0 Å². The van der Waals surface area contributed by atoms with Crippen LogP contribution in [0.1, 0.15) is 12.8 Å². The number of carbonyl (C=O) groups excluding carboxylic acids is 1. The Hall–Kier alpha value is -1.37. The van der Waals surface area contributed by atoms with Crippen LogP contribution in [0.5, 0.6) is 0 Å². The zero-order chi connectivity index (χ0) is 16.2. The number of hydrogen-bond donors (Lipinski definition) is 1. The van der Waals surface area contributed by atoms with Crippen LogP contribution in [-0.2, 0) is 14.8 Å². The van der Waals surface area contributed by atoms with Crippen molar-refractivity contribution in [2.75, 3.05) is 19.6 Å². The van der Waals surface area contributed by atoms with Crippen LogP contribution in [0, 0.1) is 5.92 Å². The molecule has 0 spiro atoms. The van der Waals surface area contributed by atoms with Gasteiger partial charge in [-0.2, -0.15) is 4.31 Å². The molecule has 1 amide bonds. The van der Waals surface area contributed by atoms with E-state index in [1.54, 1.807) is 18.2 Å². The SMILES string of the molecule is C=CCNC(=O)C1CCCN(S(=O)(=O)c2ccc(Cl)cc2)C1. The Morgan fingerprint density at radius 1 is 1.41 bits per heavy atom. The summed E-state index contributed by atoms with van der Waals surface area (Å²) < 4.78 is 26.6. The maximum atomic E-state index is 12.6. The molecular formula is C15H19ClN2O3S. The van der Waals surface area contributed by atoms with Gasteiger partial charge in [0, 0.05) is 24.7 Å². The van der Waals surface area contributed by atoms with Crippen LogP contribution in [0.15, 0.2) is 41.8 Å². The number of nitrogens with one attached hydrogen (secondary N) is 1. The van der Waals surface area contributed by atoms with Crippen molar-refractivity contribution >= 4 is 27.5 Å². The largest absolute Gasteiger partial charge is 0.352 e. The maximum Gasteiger partial charge on any atom is 0.243 e. The molecular weight excluding hydrogens is 324 g/mol. The van der Waals surface area contributed by atoms with E-state index in [2.05, 4.69) is 11.9 Å². The predicted molar refractivity (Wildman–Crippen MR) is 86.1 cm³/mol. The van der Waals surface area contributed by atoms with Crippen LogP contribution in [0.2, 0.25) is 5.02 Å². The number of rotatable bonds is 5. The quantitative estimate of drug-likeness (QED) is 0.833. The van der Waals surface area contributed by atoms with Gasteiger partial charge >= 0.3 is 0 Å². The first-order valence-corrected chi connectivity index (χ1v) is 8.91. The molecule has 0 radical (unpaired) electrons. The minimum Gasteiger partial charge on any atom is -0.352 e. The summed E-state index contributed by atoms with van der Waals surface area (Å²) in [6, 6.07) is 6.07. The highest BCUT2D eigenvalue weighted by Crippen LogP contribution is 2.24. The summed E-state index contributed by atoms with van der Waals surface area (Å²) in [6.45, 7) is 4.56. The molecule has 7 heteroatoms. The summed E-state index contributed by atoms with van der Waals surface area (Å²) >= 11 is 5.79. The first-order valence-electron chi connectivity index (χ1n) is 7.09. The molecule has 22 heavy (non-hydrogen) atoms. The van der Waals surface area contributed by atoms with Crippen LogP contribution < -0.4 is 5.32 Å². The average molecular weight is 343 g/mol. The van der Waals surface area contributed by atoms with E-state index in [9.17, 15) is 13.2 Å². The van der Waals surface area contributed by atoms with E-state index in [0.29, 0.717) is 31.0 Å². The number of hydrogen-bond acceptors (Lipinski definition) is 3. The van der Waals surface area contributed by atoms with Gasteiger partial charge in [-0.3, -0.25) is 4.79 Å². The molecule has 1 fully saturated rings. The third kappa shape index (κ3) is 3.88. The van der Waals surface area contributed by atoms with Crippen molar-refractivity contribution in [1.29, 1.82) is 0 Å². The number of piperidine rings is 1. The minimum absolute atomic E-state index is 0.129. The zero-order valence-corrected chi connectivity index (χ0v) is 13.7. The van der Waals surface area contributed by atoms with Gasteiger partial charge in [0.25, 0.3) is 0 Å². The Balaban J connectivity index is 2.12. The summed E-state index contributed by atoms with van der Waals surface area (Å²) in [6.07, 6.45) is 2.96. The molecule has 1 atom stereocenters. The third-order valence-electron chi connectivity index (χ3n) is 3.63. The van der Waals surface area contributed by atoms with Gasteiger partial charge in [-0.1, -0.05) is 17.7 Å². The first-order chi connectivity index (χ1) is 10.4. The van der Waals surface area contributed by atoms with Crippen molar-refractivity contribution in [2.24, 2.45) is 5.92 Å². The van der Waals surface area contributed by atoms with E-state index in [1.807, 2.05) is 0 Å². The standard InChI is InChI=1S/C15H19ClN2O3S/c1-2-9-17-15(19)12-4-3-10-18(11-12)22(20,21)14-7-5-13(16)6-8-14/h2,5-8,12H,1,3-4,9-11H2,(H,17,19). The molecule has 1 saturated heterocycles. The Labute approximate surface area is 136 Å². The molecule has 0 bridgehead atoms. The Morgan fingerprint density at radius 2 is 2.09 bits per heavy atom. The highest BCUT2D eigenvalue weighted by Gasteiger charge is 2.33. The predicted octanol–water partition coefficient (Wildman–Crippen LogP) is 2.04. The Bertz CT molecular complexity index is 643. The van der Waals surface area contributed by atoms with Crippen molar-refractivity contribution < 1.29 is 13.2 Å². The van der Waals surface area contributed by atoms with Gasteiger partial charge in [0.15, 0.2) is 0 Å². The van der Waals surface area contributed by atoms with Crippen LogP contribution >= 0.6 is 11.6 Å². The van der Waals surface area contributed by atoms with Crippen molar-refractivity contribution in [3.63, 3.8) is 0 Å². The van der Waals surface area contributed by atoms with E-state index in [1.165, 1.54) is 16.4 Å². The molecule has 0 aliphatic carbocycles. The molecule has 120 valence electrons. The fraction of sp³-hybridized carbons (Fsp3) is 0.400. The lowest BCUT2D eigenvalue weighted by Crippen LogP contribution is -2.45. The number of carbonyl (C=O) groups is 1. The fourth-order valence-corrected chi connectivity index (χ4v) is 4.10. The van der Waals surface area contributed by atoms with Crippen LogP contribution in [0.3, 0.4) is 0 Å². The summed E-state index contributed by atoms with van der Waals surface area (Å²) in [4.78, 5) is 12.2. The molecule has 0 aromatic heterocycles. The van der Waals surface area contributed by atoms with E-state index >= 15 is 0 Å². The summed E-state index contributed by atoms with van der Waals surface area (Å²) in [5.74, 6) is -0.452. The summed E-state index contributed by atoms with van der Waals surface area (Å²) in [5.41, 5.74) is 0. The topological polar surface area (TPSA) is 66.5 Å². The van der Waals surface area contributed by atoms with E-state index in [-0.39, 0.29) is 23.3 Å². The number of benzene rings is 1. The lowest BCUT2D eigenvalue weighted by molar-refractivity contribution is -0.125. The molecule has 1 aromatic carbocycles. The lowest BCUT2D eigenvalue weighted by atomic mass is 9.99. The van der Waals surface area contributed by atoms with Gasteiger partial charge in [0.05, 0.1) is 10.8 Å². The van der Waals surface area contributed by atoms with Gasteiger partial charge in [-0.25, -0.2) is 8.42 Å². The second kappa shape index (κ2) is 7.26. The second-order valence-corrected chi connectivity index (χ2v) is 7.56. The average Bonchev–Trinajstić information content (AvgIpc) is 2.53. The van der Waals surface area contributed by atoms with Crippen LogP contribution in [0.25, 0.3) is 0 Å². The summed E-state index contributed by atoms with van der Waals surface area (Å²) in [5, 5.41) is 3.21. The number of amides is 1. The number of nitrogens with zero attached hydrogens (tertiary/aromatic N) is 1. The van der Waals surface area contributed by atoms with E-state index < -0.39 is 10.0 Å². The monoisotopic (exact) mass is 342 g/mol. The van der Waals surface area contributed by atoms with Crippen LogP contribution in [-0.4, -0.2) is 38.3 Å². The molecule has 2 rings (SSSR count). The molecule has 1 aliphatic rings. The summed E-state index contributed by atoms with van der Waals surface area (Å²) in [7, 11) is -3.59. The molecule has 0 saturated carbocycles. The molecule has 1 N–H and O–H groups in total. The third-order valence-corrected chi connectivity index (χ3v) is 5.76. The van der Waals surface area contributed by atoms with Crippen LogP contribution in [0.4, 0.5) is 0 Å². The van der Waals surface area contributed by atoms with Gasteiger partial charge in [0.2, 0.25) is 15.9 Å². The molecule has 5 nitrogen and oxygen atoms in total. The Morgan fingerprint density at radius 3 is 2.73 bits per heavy atom. The highest BCUT2D eigenvalue weighted by molar-refractivity contribution is 7.89.